The molecule has 0 spiro atoms. The molecule has 2 rings (SSSR count). The SMILES string of the molecule is CCc1ccc(-c2nc(NC)sc2C(=O)O)cc1. The van der Waals surface area contributed by atoms with E-state index in [2.05, 4.69) is 17.2 Å². The molecule has 1 aromatic heterocycles. The number of carboxylic acid groups (broad SMARTS) is 1. The number of nitrogens with zero attached hydrogens (tertiary/aromatic N) is 1. The maximum absolute atomic E-state index is 11.2. The van der Waals surface area contributed by atoms with Gasteiger partial charge in [-0.2, -0.15) is 0 Å². The molecule has 0 amide bonds. The van der Waals surface area contributed by atoms with E-state index in [1.807, 2.05) is 24.3 Å². The maximum Gasteiger partial charge on any atom is 0.348 e. The average Bonchev–Trinajstić information content (AvgIpc) is 2.83. The maximum atomic E-state index is 11.2. The third-order valence-electron chi connectivity index (χ3n) is 2.67. The molecule has 94 valence electrons. The van der Waals surface area contributed by atoms with Crippen LogP contribution in [0.5, 0.6) is 0 Å². The highest BCUT2D eigenvalue weighted by atomic mass is 32.1. The zero-order valence-corrected chi connectivity index (χ0v) is 11.0. The van der Waals surface area contributed by atoms with Crippen LogP contribution in [0, 0.1) is 0 Å². The molecule has 0 saturated carbocycles. The molecule has 0 radical (unpaired) electrons. The Bertz CT molecular complexity index is 561. The Morgan fingerprint density at radius 2 is 2.06 bits per heavy atom. The summed E-state index contributed by atoms with van der Waals surface area (Å²) in [5.41, 5.74) is 2.58. The van der Waals surface area contributed by atoms with Crippen LogP contribution in [0.2, 0.25) is 0 Å². The molecule has 2 N–H and O–H groups in total. The van der Waals surface area contributed by atoms with Gasteiger partial charge in [0.1, 0.15) is 4.88 Å². The normalized spacial score (nSPS) is 10.3. The van der Waals surface area contributed by atoms with Gasteiger partial charge in [0.25, 0.3) is 0 Å². The molecule has 0 unspecified atom stereocenters. The van der Waals surface area contributed by atoms with Crippen LogP contribution in [0.1, 0.15) is 22.2 Å². The van der Waals surface area contributed by atoms with E-state index in [-0.39, 0.29) is 4.88 Å². The fourth-order valence-electron chi connectivity index (χ4n) is 1.67. The van der Waals surface area contributed by atoms with Crippen LogP contribution in [-0.2, 0) is 6.42 Å². The number of thiazole rings is 1. The minimum Gasteiger partial charge on any atom is -0.477 e. The summed E-state index contributed by atoms with van der Waals surface area (Å²) in [7, 11) is 1.73. The number of aromatic nitrogens is 1. The van der Waals surface area contributed by atoms with Gasteiger partial charge in [-0.05, 0) is 12.0 Å². The van der Waals surface area contributed by atoms with Crippen LogP contribution in [0.4, 0.5) is 5.13 Å². The predicted octanol–water partition coefficient (Wildman–Crippen LogP) is 3.11. The number of hydrogen-bond donors (Lipinski definition) is 2. The molecule has 0 aliphatic carbocycles. The zero-order chi connectivity index (χ0) is 13.1. The number of benzene rings is 1. The van der Waals surface area contributed by atoms with Gasteiger partial charge in [-0.1, -0.05) is 42.5 Å². The van der Waals surface area contributed by atoms with Gasteiger partial charge in [-0.3, -0.25) is 0 Å². The second-order valence-electron chi connectivity index (χ2n) is 3.80. The third-order valence-corrected chi connectivity index (χ3v) is 3.73. The third kappa shape index (κ3) is 2.36. The monoisotopic (exact) mass is 262 g/mol. The van der Waals surface area contributed by atoms with Crippen LogP contribution >= 0.6 is 11.3 Å². The van der Waals surface area contributed by atoms with Crippen molar-refractivity contribution in [3.8, 4) is 11.3 Å². The van der Waals surface area contributed by atoms with Gasteiger partial charge in [0.05, 0.1) is 5.69 Å². The Labute approximate surface area is 109 Å². The Hall–Kier alpha value is -1.88. The molecule has 0 aliphatic heterocycles. The highest BCUT2D eigenvalue weighted by molar-refractivity contribution is 7.17. The summed E-state index contributed by atoms with van der Waals surface area (Å²) in [5, 5.41) is 12.7. The van der Waals surface area contributed by atoms with Crippen molar-refractivity contribution in [1.29, 1.82) is 0 Å². The van der Waals surface area contributed by atoms with Crippen LogP contribution in [0.15, 0.2) is 24.3 Å². The average molecular weight is 262 g/mol. The van der Waals surface area contributed by atoms with Gasteiger partial charge in [-0.25, -0.2) is 9.78 Å². The van der Waals surface area contributed by atoms with Gasteiger partial charge in [0, 0.05) is 12.6 Å². The van der Waals surface area contributed by atoms with E-state index in [0.29, 0.717) is 10.8 Å². The summed E-state index contributed by atoms with van der Waals surface area (Å²) < 4.78 is 0. The van der Waals surface area contributed by atoms with Gasteiger partial charge in [0.15, 0.2) is 5.13 Å². The number of rotatable bonds is 4. The largest absolute Gasteiger partial charge is 0.477 e. The number of aryl methyl sites for hydroxylation is 1. The molecule has 2 aromatic rings. The Kier molecular flexibility index (Phi) is 3.62. The van der Waals surface area contributed by atoms with E-state index in [1.54, 1.807) is 7.05 Å². The lowest BCUT2D eigenvalue weighted by molar-refractivity contribution is 0.0702. The molecule has 0 fully saturated rings. The molecule has 0 aliphatic rings. The van der Waals surface area contributed by atoms with Gasteiger partial charge in [0.2, 0.25) is 0 Å². The summed E-state index contributed by atoms with van der Waals surface area (Å²) >= 11 is 1.15. The second kappa shape index (κ2) is 5.18. The van der Waals surface area contributed by atoms with E-state index in [1.165, 1.54) is 5.56 Å². The number of aromatic carboxylic acids is 1. The van der Waals surface area contributed by atoms with Crippen molar-refractivity contribution in [3.63, 3.8) is 0 Å². The fraction of sp³-hybridized carbons (Fsp3) is 0.231. The van der Waals surface area contributed by atoms with Gasteiger partial charge >= 0.3 is 5.97 Å². The lowest BCUT2D eigenvalue weighted by Gasteiger charge is -2.01. The van der Waals surface area contributed by atoms with Crippen molar-refractivity contribution in [3.05, 3.63) is 34.7 Å². The number of hydrogen-bond acceptors (Lipinski definition) is 4. The minimum atomic E-state index is -0.941. The first-order chi connectivity index (χ1) is 8.65. The van der Waals surface area contributed by atoms with Crippen LogP contribution in [-0.4, -0.2) is 23.1 Å². The Morgan fingerprint density at radius 1 is 1.39 bits per heavy atom. The van der Waals surface area contributed by atoms with Gasteiger partial charge < -0.3 is 10.4 Å². The number of anilines is 1. The van der Waals surface area contributed by atoms with Crippen molar-refractivity contribution < 1.29 is 9.90 Å². The topological polar surface area (TPSA) is 62.2 Å². The molecule has 0 bridgehead atoms. The van der Waals surface area contributed by atoms with Crippen LogP contribution in [0.25, 0.3) is 11.3 Å². The first-order valence-corrected chi connectivity index (χ1v) is 6.48. The lowest BCUT2D eigenvalue weighted by Crippen LogP contribution is -1.95. The van der Waals surface area contributed by atoms with Crippen molar-refractivity contribution >= 4 is 22.4 Å². The second-order valence-corrected chi connectivity index (χ2v) is 4.80. The van der Waals surface area contributed by atoms with Crippen LogP contribution in [0.3, 0.4) is 0 Å². The van der Waals surface area contributed by atoms with Crippen molar-refractivity contribution in [2.75, 3.05) is 12.4 Å². The van der Waals surface area contributed by atoms with E-state index >= 15 is 0 Å². The highest BCUT2D eigenvalue weighted by Gasteiger charge is 2.18. The Balaban J connectivity index is 2.47. The smallest absolute Gasteiger partial charge is 0.348 e. The van der Waals surface area contributed by atoms with Crippen molar-refractivity contribution in [2.24, 2.45) is 0 Å². The predicted molar refractivity (Wildman–Crippen MR) is 73.4 cm³/mol. The van der Waals surface area contributed by atoms with E-state index in [0.717, 1.165) is 23.3 Å². The number of carbonyl (C=O) groups is 1. The first-order valence-electron chi connectivity index (χ1n) is 5.67. The Morgan fingerprint density at radius 3 is 2.56 bits per heavy atom. The summed E-state index contributed by atoms with van der Waals surface area (Å²) in [6.07, 6.45) is 0.963. The summed E-state index contributed by atoms with van der Waals surface area (Å²) in [5.74, 6) is -0.941. The molecule has 1 heterocycles. The molecule has 18 heavy (non-hydrogen) atoms. The summed E-state index contributed by atoms with van der Waals surface area (Å²) in [6.45, 7) is 2.08. The van der Waals surface area contributed by atoms with E-state index in [4.69, 9.17) is 0 Å². The molecule has 0 atom stereocenters. The fourth-order valence-corrected chi connectivity index (χ4v) is 2.45. The lowest BCUT2D eigenvalue weighted by atomic mass is 10.1. The zero-order valence-electron chi connectivity index (χ0n) is 10.2. The molecule has 1 aromatic carbocycles. The van der Waals surface area contributed by atoms with E-state index < -0.39 is 5.97 Å². The minimum absolute atomic E-state index is 0.267. The van der Waals surface area contributed by atoms with Crippen molar-refractivity contribution in [1.82, 2.24) is 4.98 Å². The molecule has 5 heteroatoms. The van der Waals surface area contributed by atoms with Crippen molar-refractivity contribution in [2.45, 2.75) is 13.3 Å². The molecular formula is C13H14N2O2S. The molecule has 0 saturated heterocycles. The molecule has 4 nitrogen and oxygen atoms in total. The summed E-state index contributed by atoms with van der Waals surface area (Å²) in [4.78, 5) is 15.8. The number of nitrogens with one attached hydrogen (secondary N) is 1. The first kappa shape index (κ1) is 12.6. The standard InChI is InChI=1S/C13H14N2O2S/c1-3-8-4-6-9(7-5-8)10-11(12(16)17)18-13(14-2)15-10/h4-7H,3H2,1-2H3,(H,14,15)(H,16,17). The van der Waals surface area contributed by atoms with Gasteiger partial charge in [-0.15, -0.1) is 0 Å². The number of carboxylic acids is 1. The quantitative estimate of drug-likeness (QED) is 0.888. The summed E-state index contributed by atoms with van der Waals surface area (Å²) in [6, 6.07) is 7.83. The molecular weight excluding hydrogens is 248 g/mol. The van der Waals surface area contributed by atoms with Crippen LogP contribution < -0.4 is 5.32 Å². The highest BCUT2D eigenvalue weighted by Crippen LogP contribution is 2.31. The van der Waals surface area contributed by atoms with E-state index in [9.17, 15) is 9.90 Å².